The van der Waals surface area contributed by atoms with Crippen molar-refractivity contribution < 1.29 is 23.8 Å². The van der Waals surface area contributed by atoms with Gasteiger partial charge >= 0.3 is 5.97 Å². The van der Waals surface area contributed by atoms with Gasteiger partial charge in [-0.15, -0.1) is 0 Å². The van der Waals surface area contributed by atoms with Gasteiger partial charge in [-0.05, 0) is 74.2 Å². The number of nitrogens with zero attached hydrogens (tertiary/aromatic N) is 1. The van der Waals surface area contributed by atoms with Gasteiger partial charge in [-0.3, -0.25) is 4.79 Å². The van der Waals surface area contributed by atoms with Gasteiger partial charge in [0.2, 0.25) is 6.79 Å². The van der Waals surface area contributed by atoms with Crippen molar-refractivity contribution in [1.29, 1.82) is 0 Å². The largest absolute Gasteiger partial charge is 0.454 e. The van der Waals surface area contributed by atoms with Crippen LogP contribution in [0.5, 0.6) is 11.5 Å². The summed E-state index contributed by atoms with van der Waals surface area (Å²) in [4.78, 5) is 26.8. The third kappa shape index (κ3) is 5.36. The van der Waals surface area contributed by atoms with E-state index in [9.17, 15) is 9.59 Å². The molecule has 0 aromatic heterocycles. The fourth-order valence-corrected chi connectivity index (χ4v) is 3.60. The van der Waals surface area contributed by atoms with Crippen LogP contribution in [0.3, 0.4) is 0 Å². The highest BCUT2D eigenvalue weighted by Crippen LogP contribution is 2.32. The second-order valence-electron chi connectivity index (χ2n) is 7.61. The highest BCUT2D eigenvalue weighted by molar-refractivity contribution is 5.96. The molecule has 0 saturated carbocycles. The zero-order chi connectivity index (χ0) is 21.6. The Labute approximate surface area is 181 Å². The summed E-state index contributed by atoms with van der Waals surface area (Å²) in [5, 5.41) is 2.79. The van der Waals surface area contributed by atoms with E-state index in [1.165, 1.54) is 25.3 Å². The van der Waals surface area contributed by atoms with E-state index >= 15 is 0 Å². The number of piperidine rings is 1. The number of rotatable bonds is 6. The van der Waals surface area contributed by atoms with Crippen LogP contribution in [0.4, 0.5) is 11.4 Å². The van der Waals surface area contributed by atoms with Crippen molar-refractivity contribution in [1.82, 2.24) is 0 Å². The normalized spacial score (nSPS) is 16.2. The molecule has 31 heavy (non-hydrogen) atoms. The van der Waals surface area contributed by atoms with Crippen LogP contribution in [-0.4, -0.2) is 37.9 Å². The van der Waals surface area contributed by atoms with E-state index in [1.54, 1.807) is 31.2 Å². The van der Waals surface area contributed by atoms with E-state index in [-0.39, 0.29) is 12.7 Å². The predicted molar refractivity (Wildman–Crippen MR) is 118 cm³/mol. The predicted octanol–water partition coefficient (Wildman–Crippen LogP) is 3.99. The summed E-state index contributed by atoms with van der Waals surface area (Å²) in [5.41, 5.74) is 2.60. The number of fused-ring (bicyclic) bond motifs is 1. The van der Waals surface area contributed by atoms with Gasteiger partial charge in [0.25, 0.3) is 5.91 Å². The molecule has 4 rings (SSSR count). The lowest BCUT2D eigenvalue weighted by Gasteiger charge is -2.28. The van der Waals surface area contributed by atoms with Crippen LogP contribution >= 0.6 is 0 Å². The van der Waals surface area contributed by atoms with Crippen molar-refractivity contribution in [3.05, 3.63) is 54.1 Å². The summed E-state index contributed by atoms with van der Waals surface area (Å²) in [6, 6.07) is 13.1. The first-order chi connectivity index (χ1) is 15.1. The number of benzene rings is 2. The van der Waals surface area contributed by atoms with Crippen LogP contribution in [0, 0.1) is 0 Å². The van der Waals surface area contributed by atoms with E-state index in [2.05, 4.69) is 10.2 Å². The Kier molecular flexibility index (Phi) is 6.40. The topological polar surface area (TPSA) is 77.1 Å². The minimum absolute atomic E-state index is 0.193. The Morgan fingerprint density at radius 2 is 1.77 bits per heavy atom. The number of amides is 1. The lowest BCUT2D eigenvalue weighted by Crippen LogP contribution is -2.30. The minimum atomic E-state index is -0.921. The van der Waals surface area contributed by atoms with E-state index in [0.29, 0.717) is 17.2 Å². The highest BCUT2D eigenvalue weighted by atomic mass is 16.7. The van der Waals surface area contributed by atoms with Crippen LogP contribution in [0.25, 0.3) is 6.08 Å². The van der Waals surface area contributed by atoms with E-state index in [4.69, 9.17) is 14.2 Å². The van der Waals surface area contributed by atoms with E-state index in [1.807, 2.05) is 24.3 Å². The standard InChI is InChI=1S/C24H26N2O5/c1-17(31-23(27)12-6-18-5-11-21-22(15-18)30-16-29-21)24(28)25-19-7-9-20(10-8-19)26-13-3-2-4-14-26/h5-12,15,17H,2-4,13-14,16H2,1H3,(H,25,28)/b12-6+/t17-/m0/s1. The first-order valence-electron chi connectivity index (χ1n) is 10.5. The third-order valence-corrected chi connectivity index (χ3v) is 5.33. The van der Waals surface area contributed by atoms with Crippen molar-refractivity contribution in [2.75, 3.05) is 30.1 Å². The Balaban J connectivity index is 1.27. The van der Waals surface area contributed by atoms with Crippen LogP contribution in [-0.2, 0) is 14.3 Å². The number of esters is 1. The second kappa shape index (κ2) is 9.55. The first-order valence-corrected chi connectivity index (χ1v) is 10.5. The number of hydrogen-bond acceptors (Lipinski definition) is 6. The molecule has 1 fully saturated rings. The molecule has 0 spiro atoms. The van der Waals surface area contributed by atoms with Gasteiger partial charge in [-0.25, -0.2) is 4.79 Å². The van der Waals surface area contributed by atoms with Gasteiger partial charge in [0.15, 0.2) is 17.6 Å². The van der Waals surface area contributed by atoms with Gasteiger partial charge in [-0.2, -0.15) is 0 Å². The SMILES string of the molecule is C[C@H](OC(=O)/C=C/c1ccc2c(c1)OCO2)C(=O)Nc1ccc(N2CCCCC2)cc1. The molecule has 2 aliphatic rings. The molecule has 0 radical (unpaired) electrons. The van der Waals surface area contributed by atoms with Gasteiger partial charge in [-0.1, -0.05) is 6.07 Å². The molecule has 7 heteroatoms. The zero-order valence-electron chi connectivity index (χ0n) is 17.5. The Bertz CT molecular complexity index is 964. The number of carbonyl (C=O) groups excluding carboxylic acids is 2. The Hall–Kier alpha value is -3.48. The van der Waals surface area contributed by atoms with E-state index < -0.39 is 12.1 Å². The van der Waals surface area contributed by atoms with Crippen LogP contribution < -0.4 is 19.7 Å². The fraction of sp³-hybridized carbons (Fsp3) is 0.333. The summed E-state index contributed by atoms with van der Waals surface area (Å²) in [6.07, 6.45) is 5.68. The molecule has 2 aromatic carbocycles. The molecular formula is C24H26N2O5. The van der Waals surface area contributed by atoms with Crippen molar-refractivity contribution in [2.24, 2.45) is 0 Å². The molecule has 1 amide bonds. The lowest BCUT2D eigenvalue weighted by atomic mass is 10.1. The summed E-state index contributed by atoms with van der Waals surface area (Å²) < 4.78 is 15.8. The third-order valence-electron chi connectivity index (χ3n) is 5.33. The Morgan fingerprint density at radius 3 is 2.55 bits per heavy atom. The summed E-state index contributed by atoms with van der Waals surface area (Å²) in [6.45, 7) is 3.87. The maximum atomic E-state index is 12.4. The number of ether oxygens (including phenoxy) is 3. The van der Waals surface area contributed by atoms with Gasteiger partial charge in [0, 0.05) is 30.5 Å². The minimum Gasteiger partial charge on any atom is -0.454 e. The van der Waals surface area contributed by atoms with Gasteiger partial charge < -0.3 is 24.4 Å². The number of carbonyl (C=O) groups is 2. The molecule has 1 N–H and O–H groups in total. The van der Waals surface area contributed by atoms with Crippen molar-refractivity contribution in [2.45, 2.75) is 32.3 Å². The maximum Gasteiger partial charge on any atom is 0.331 e. The summed E-state index contributed by atoms with van der Waals surface area (Å²) in [7, 11) is 0. The average molecular weight is 422 g/mol. The average Bonchev–Trinajstić information content (AvgIpc) is 3.27. The molecule has 1 saturated heterocycles. The second-order valence-corrected chi connectivity index (χ2v) is 7.61. The van der Waals surface area contributed by atoms with Crippen molar-refractivity contribution in [3.8, 4) is 11.5 Å². The van der Waals surface area contributed by atoms with Crippen LogP contribution in [0.15, 0.2) is 48.5 Å². The van der Waals surface area contributed by atoms with Crippen molar-refractivity contribution in [3.63, 3.8) is 0 Å². The summed E-state index contributed by atoms with van der Waals surface area (Å²) >= 11 is 0. The maximum absolute atomic E-state index is 12.4. The van der Waals surface area contributed by atoms with Gasteiger partial charge in [0.05, 0.1) is 0 Å². The smallest absolute Gasteiger partial charge is 0.331 e. The van der Waals surface area contributed by atoms with E-state index in [0.717, 1.165) is 24.3 Å². The number of hydrogen-bond donors (Lipinski definition) is 1. The van der Waals surface area contributed by atoms with Crippen LogP contribution in [0.2, 0.25) is 0 Å². The molecule has 2 heterocycles. The fourth-order valence-electron chi connectivity index (χ4n) is 3.60. The van der Waals surface area contributed by atoms with Gasteiger partial charge in [0.1, 0.15) is 0 Å². The molecule has 1 atom stereocenters. The first kappa shape index (κ1) is 20.8. The Morgan fingerprint density at radius 1 is 1.03 bits per heavy atom. The molecule has 7 nitrogen and oxygen atoms in total. The highest BCUT2D eigenvalue weighted by Gasteiger charge is 2.18. The molecule has 0 unspecified atom stereocenters. The lowest BCUT2D eigenvalue weighted by molar-refractivity contribution is -0.148. The van der Waals surface area contributed by atoms with Crippen molar-refractivity contribution >= 4 is 29.3 Å². The zero-order valence-corrected chi connectivity index (χ0v) is 17.5. The molecule has 2 aliphatic heterocycles. The molecule has 162 valence electrons. The monoisotopic (exact) mass is 422 g/mol. The molecular weight excluding hydrogens is 396 g/mol. The number of anilines is 2. The van der Waals surface area contributed by atoms with Crippen LogP contribution in [0.1, 0.15) is 31.7 Å². The number of nitrogens with one attached hydrogen (secondary N) is 1. The summed E-state index contributed by atoms with van der Waals surface area (Å²) in [5.74, 6) is 0.333. The molecule has 2 aromatic rings. The molecule has 0 bridgehead atoms. The quantitative estimate of drug-likeness (QED) is 0.560. The molecule has 0 aliphatic carbocycles.